The van der Waals surface area contributed by atoms with Crippen LogP contribution in [-0.2, 0) is 9.53 Å². The molecule has 4 heteroatoms. The Labute approximate surface area is 93.4 Å². The van der Waals surface area contributed by atoms with Gasteiger partial charge in [0.25, 0.3) is 0 Å². The molecule has 0 saturated heterocycles. The van der Waals surface area contributed by atoms with Crippen LogP contribution in [0.3, 0.4) is 0 Å². The maximum absolute atomic E-state index is 13.0. The zero-order valence-electron chi connectivity index (χ0n) is 9.07. The highest BCUT2D eigenvalue weighted by Crippen LogP contribution is 2.54. The minimum Gasteiger partial charge on any atom is -0.469 e. The van der Waals surface area contributed by atoms with Gasteiger partial charge in [0.05, 0.1) is 12.5 Å². The number of methoxy groups -OCH3 is 1. The predicted molar refractivity (Wildman–Crippen MR) is 57.0 cm³/mol. The second kappa shape index (κ2) is 3.87. The molecule has 1 fully saturated rings. The Morgan fingerprint density at radius 3 is 2.75 bits per heavy atom. The first-order valence-corrected chi connectivity index (χ1v) is 5.19. The number of benzene rings is 1. The van der Waals surface area contributed by atoms with E-state index in [0.29, 0.717) is 18.4 Å². The number of carbonyl (C=O) groups excluding carboxylic acids is 1. The molecule has 0 aromatic heterocycles. The van der Waals surface area contributed by atoms with Crippen LogP contribution in [-0.4, -0.2) is 13.1 Å². The second-order valence-electron chi connectivity index (χ2n) is 4.18. The second-order valence-corrected chi connectivity index (χ2v) is 4.18. The monoisotopic (exact) mass is 223 g/mol. The summed E-state index contributed by atoms with van der Waals surface area (Å²) in [4.78, 5) is 11.6. The van der Waals surface area contributed by atoms with Crippen molar-refractivity contribution in [2.75, 3.05) is 7.11 Å². The van der Waals surface area contributed by atoms with Gasteiger partial charge in [-0.25, -0.2) is 4.39 Å². The topological polar surface area (TPSA) is 52.3 Å². The maximum atomic E-state index is 13.0. The van der Waals surface area contributed by atoms with Gasteiger partial charge in [-0.1, -0.05) is 12.1 Å². The molecule has 0 heterocycles. The van der Waals surface area contributed by atoms with Crippen LogP contribution in [0.1, 0.15) is 24.4 Å². The van der Waals surface area contributed by atoms with Crippen LogP contribution in [0.15, 0.2) is 24.3 Å². The largest absolute Gasteiger partial charge is 0.469 e. The molecule has 2 N–H and O–H groups in total. The fraction of sp³-hybridized carbons (Fsp3) is 0.417. The van der Waals surface area contributed by atoms with Crippen molar-refractivity contribution in [3.8, 4) is 0 Å². The number of hydrogen-bond acceptors (Lipinski definition) is 3. The third-order valence-corrected chi connectivity index (χ3v) is 3.18. The molecule has 1 atom stereocenters. The van der Waals surface area contributed by atoms with Crippen LogP contribution in [0.5, 0.6) is 0 Å². The number of hydrogen-bond donors (Lipinski definition) is 1. The zero-order valence-corrected chi connectivity index (χ0v) is 9.07. The molecule has 0 radical (unpaired) electrons. The molecule has 1 aromatic rings. The van der Waals surface area contributed by atoms with E-state index in [0.717, 1.165) is 0 Å². The Morgan fingerprint density at radius 1 is 1.56 bits per heavy atom. The SMILES string of the molecule is COC(=O)C1(C(N)c2cccc(F)c2)CC1. The van der Waals surface area contributed by atoms with Gasteiger partial charge in [0.2, 0.25) is 0 Å². The number of nitrogens with two attached hydrogens (primary N) is 1. The van der Waals surface area contributed by atoms with Crippen molar-refractivity contribution in [2.24, 2.45) is 11.1 Å². The standard InChI is InChI=1S/C12H14FNO2/c1-16-11(15)12(5-6-12)10(14)8-3-2-4-9(13)7-8/h2-4,7,10H,5-6,14H2,1H3. The smallest absolute Gasteiger partial charge is 0.313 e. The van der Waals surface area contributed by atoms with E-state index in [9.17, 15) is 9.18 Å². The Bertz CT molecular complexity index is 415. The van der Waals surface area contributed by atoms with Crippen molar-refractivity contribution >= 4 is 5.97 Å². The third kappa shape index (κ3) is 1.69. The van der Waals surface area contributed by atoms with Gasteiger partial charge in [0, 0.05) is 6.04 Å². The molecule has 3 nitrogen and oxygen atoms in total. The Hall–Kier alpha value is -1.42. The van der Waals surface area contributed by atoms with Gasteiger partial charge < -0.3 is 10.5 Å². The number of halogens is 1. The van der Waals surface area contributed by atoms with E-state index in [1.165, 1.54) is 19.2 Å². The predicted octanol–water partition coefficient (Wildman–Crippen LogP) is 1.78. The number of carbonyl (C=O) groups is 1. The van der Waals surface area contributed by atoms with E-state index in [1.54, 1.807) is 12.1 Å². The van der Waals surface area contributed by atoms with Crippen LogP contribution in [0.25, 0.3) is 0 Å². The highest BCUT2D eigenvalue weighted by atomic mass is 19.1. The van der Waals surface area contributed by atoms with E-state index >= 15 is 0 Å². The van der Waals surface area contributed by atoms with Crippen molar-refractivity contribution in [2.45, 2.75) is 18.9 Å². The van der Waals surface area contributed by atoms with Gasteiger partial charge in [-0.05, 0) is 30.5 Å². The average Bonchev–Trinajstić information content (AvgIpc) is 3.08. The van der Waals surface area contributed by atoms with Gasteiger partial charge in [-0.3, -0.25) is 4.79 Å². The average molecular weight is 223 g/mol. The zero-order chi connectivity index (χ0) is 11.8. The molecular formula is C12H14FNO2. The van der Waals surface area contributed by atoms with Crippen molar-refractivity contribution in [3.63, 3.8) is 0 Å². The van der Waals surface area contributed by atoms with Gasteiger partial charge in [-0.15, -0.1) is 0 Å². The van der Waals surface area contributed by atoms with E-state index < -0.39 is 11.5 Å². The first-order valence-electron chi connectivity index (χ1n) is 5.19. The number of rotatable bonds is 3. The normalized spacial score (nSPS) is 18.9. The first kappa shape index (κ1) is 11.1. The fourth-order valence-corrected chi connectivity index (χ4v) is 2.00. The summed E-state index contributed by atoms with van der Waals surface area (Å²) in [5.74, 6) is -0.641. The van der Waals surface area contributed by atoms with E-state index in [-0.39, 0.29) is 11.8 Å². The van der Waals surface area contributed by atoms with Crippen LogP contribution >= 0.6 is 0 Å². The van der Waals surface area contributed by atoms with E-state index in [1.807, 2.05) is 0 Å². The molecule has 1 aliphatic rings. The van der Waals surface area contributed by atoms with Crippen molar-refractivity contribution < 1.29 is 13.9 Å². The molecule has 0 bridgehead atoms. The summed E-state index contributed by atoms with van der Waals surface area (Å²) in [6.07, 6.45) is 1.41. The summed E-state index contributed by atoms with van der Waals surface area (Å²) in [6.45, 7) is 0. The molecule has 86 valence electrons. The van der Waals surface area contributed by atoms with Crippen LogP contribution in [0.2, 0.25) is 0 Å². The molecule has 0 aliphatic heterocycles. The summed E-state index contributed by atoms with van der Waals surface area (Å²) in [5.41, 5.74) is 6.02. The minimum absolute atomic E-state index is 0.302. The Kier molecular flexibility index (Phi) is 2.68. The highest BCUT2D eigenvalue weighted by Gasteiger charge is 2.56. The summed E-state index contributed by atoms with van der Waals surface area (Å²) in [7, 11) is 1.35. The Balaban J connectivity index is 2.26. The van der Waals surface area contributed by atoms with E-state index in [2.05, 4.69) is 0 Å². The quantitative estimate of drug-likeness (QED) is 0.795. The fourth-order valence-electron chi connectivity index (χ4n) is 2.00. The summed E-state index contributed by atoms with van der Waals surface area (Å²) in [6, 6.07) is 5.56. The summed E-state index contributed by atoms with van der Waals surface area (Å²) in [5, 5.41) is 0. The third-order valence-electron chi connectivity index (χ3n) is 3.18. The Morgan fingerprint density at radius 2 is 2.25 bits per heavy atom. The van der Waals surface area contributed by atoms with Gasteiger partial charge in [-0.2, -0.15) is 0 Å². The molecule has 0 amide bonds. The molecule has 1 aliphatic carbocycles. The maximum Gasteiger partial charge on any atom is 0.313 e. The summed E-state index contributed by atoms with van der Waals surface area (Å²) >= 11 is 0. The molecule has 1 aromatic carbocycles. The highest BCUT2D eigenvalue weighted by molar-refractivity contribution is 5.81. The van der Waals surface area contributed by atoms with Crippen molar-refractivity contribution in [1.29, 1.82) is 0 Å². The lowest BCUT2D eigenvalue weighted by atomic mass is 9.91. The van der Waals surface area contributed by atoms with Crippen LogP contribution < -0.4 is 5.73 Å². The van der Waals surface area contributed by atoms with Crippen molar-refractivity contribution in [1.82, 2.24) is 0 Å². The lowest BCUT2D eigenvalue weighted by Crippen LogP contribution is -2.31. The molecule has 1 unspecified atom stereocenters. The lowest BCUT2D eigenvalue weighted by Gasteiger charge is -2.21. The molecule has 1 saturated carbocycles. The van der Waals surface area contributed by atoms with E-state index in [4.69, 9.17) is 10.5 Å². The summed E-state index contributed by atoms with van der Waals surface area (Å²) < 4.78 is 17.8. The van der Waals surface area contributed by atoms with Gasteiger partial charge in [0.15, 0.2) is 0 Å². The number of esters is 1. The van der Waals surface area contributed by atoms with Crippen LogP contribution in [0.4, 0.5) is 4.39 Å². The lowest BCUT2D eigenvalue weighted by molar-refractivity contribution is -0.148. The molecular weight excluding hydrogens is 209 g/mol. The molecule has 2 rings (SSSR count). The molecule has 0 spiro atoms. The van der Waals surface area contributed by atoms with Gasteiger partial charge >= 0.3 is 5.97 Å². The van der Waals surface area contributed by atoms with Gasteiger partial charge in [0.1, 0.15) is 5.82 Å². The molecule has 16 heavy (non-hydrogen) atoms. The minimum atomic E-state index is -0.636. The van der Waals surface area contributed by atoms with Crippen molar-refractivity contribution in [3.05, 3.63) is 35.6 Å². The number of ether oxygens (including phenoxy) is 1. The first-order chi connectivity index (χ1) is 7.60. The van der Waals surface area contributed by atoms with Crippen LogP contribution in [0, 0.1) is 11.2 Å².